The fourth-order valence-electron chi connectivity index (χ4n) is 3.11. The molecule has 1 heterocycles. The molecule has 1 aliphatic rings. The highest BCUT2D eigenvalue weighted by Crippen LogP contribution is 2.26. The van der Waals surface area contributed by atoms with Crippen molar-refractivity contribution >= 4 is 29.1 Å². The largest absolute Gasteiger partial charge is 0.491 e. The van der Waals surface area contributed by atoms with Gasteiger partial charge in [-0.15, -0.1) is 0 Å². The van der Waals surface area contributed by atoms with Crippen molar-refractivity contribution in [1.29, 1.82) is 0 Å². The first-order valence-corrected chi connectivity index (χ1v) is 9.37. The molecule has 1 atom stereocenters. The Morgan fingerprint density at radius 1 is 1.12 bits per heavy atom. The van der Waals surface area contributed by atoms with Crippen LogP contribution in [0, 0.1) is 0 Å². The fourth-order valence-corrected chi connectivity index (χ4v) is 3.50. The van der Waals surface area contributed by atoms with Crippen LogP contribution in [0.3, 0.4) is 0 Å². The third-order valence-corrected chi connectivity index (χ3v) is 5.18. The molecule has 1 N–H and O–H groups in total. The lowest BCUT2D eigenvalue weighted by atomic mass is 9.96. The van der Waals surface area contributed by atoms with Crippen molar-refractivity contribution in [2.75, 3.05) is 19.7 Å². The van der Waals surface area contributed by atoms with Crippen LogP contribution in [0.5, 0.6) is 5.75 Å². The molecule has 1 amide bonds. The van der Waals surface area contributed by atoms with Gasteiger partial charge in [0, 0.05) is 18.1 Å². The van der Waals surface area contributed by atoms with Gasteiger partial charge < -0.3 is 14.7 Å². The number of benzene rings is 2. The Kier molecular flexibility index (Phi) is 6.07. The van der Waals surface area contributed by atoms with Crippen LogP contribution in [0.1, 0.15) is 29.6 Å². The van der Waals surface area contributed by atoms with Gasteiger partial charge in [-0.25, -0.2) is 0 Å². The Morgan fingerprint density at radius 2 is 1.92 bits per heavy atom. The molecule has 4 nitrogen and oxygen atoms in total. The summed E-state index contributed by atoms with van der Waals surface area (Å²) >= 11 is 12.1. The van der Waals surface area contributed by atoms with Gasteiger partial charge >= 0.3 is 0 Å². The first-order chi connectivity index (χ1) is 12.5. The molecule has 26 heavy (non-hydrogen) atoms. The fraction of sp³-hybridized carbons (Fsp3) is 0.350. The van der Waals surface area contributed by atoms with Crippen molar-refractivity contribution in [1.82, 2.24) is 4.90 Å². The molecule has 2 aromatic rings. The molecule has 0 aromatic heterocycles. The van der Waals surface area contributed by atoms with Crippen molar-refractivity contribution in [3.63, 3.8) is 0 Å². The molecule has 0 aliphatic carbocycles. The van der Waals surface area contributed by atoms with Gasteiger partial charge in [-0.2, -0.15) is 0 Å². The van der Waals surface area contributed by atoms with Gasteiger partial charge in [0.25, 0.3) is 5.91 Å². The SMILES string of the molecule is O=C(c1ccccc1Cl)N1CCCC(O)(COc2cccc(Cl)c2)CC1. The summed E-state index contributed by atoms with van der Waals surface area (Å²) in [6.07, 6.45) is 1.72. The van der Waals surface area contributed by atoms with Crippen LogP contribution in [0.25, 0.3) is 0 Å². The van der Waals surface area contributed by atoms with Crippen LogP contribution >= 0.6 is 23.2 Å². The van der Waals surface area contributed by atoms with E-state index in [1.165, 1.54) is 0 Å². The van der Waals surface area contributed by atoms with Crippen LogP contribution in [-0.2, 0) is 0 Å². The van der Waals surface area contributed by atoms with Crippen LogP contribution in [0.2, 0.25) is 10.0 Å². The third kappa shape index (κ3) is 4.70. The lowest BCUT2D eigenvalue weighted by molar-refractivity contribution is -0.0163. The molecule has 0 spiro atoms. The monoisotopic (exact) mass is 393 g/mol. The predicted octanol–water partition coefficient (Wildman–Crippen LogP) is 4.43. The van der Waals surface area contributed by atoms with Crippen LogP contribution in [0.15, 0.2) is 48.5 Å². The third-order valence-electron chi connectivity index (χ3n) is 4.61. The number of carbonyl (C=O) groups excluding carboxylic acids is 1. The maximum atomic E-state index is 12.7. The zero-order valence-corrected chi connectivity index (χ0v) is 15.8. The normalized spacial score (nSPS) is 20.5. The quantitative estimate of drug-likeness (QED) is 0.835. The Balaban J connectivity index is 1.62. The number of hydrogen-bond acceptors (Lipinski definition) is 3. The smallest absolute Gasteiger partial charge is 0.255 e. The predicted molar refractivity (Wildman–Crippen MR) is 103 cm³/mol. The van der Waals surface area contributed by atoms with E-state index in [0.717, 1.165) is 0 Å². The second kappa shape index (κ2) is 8.30. The number of ether oxygens (including phenoxy) is 1. The van der Waals surface area contributed by atoms with Gasteiger partial charge in [-0.3, -0.25) is 4.79 Å². The highest BCUT2D eigenvalue weighted by Gasteiger charge is 2.33. The first-order valence-electron chi connectivity index (χ1n) is 8.61. The number of halogens is 2. The van der Waals surface area contributed by atoms with E-state index < -0.39 is 5.60 Å². The maximum Gasteiger partial charge on any atom is 0.255 e. The minimum atomic E-state index is -0.974. The standard InChI is InChI=1S/C20H21Cl2NO3/c21-15-5-3-6-16(13-15)26-14-20(25)9-4-11-23(12-10-20)19(24)17-7-1-2-8-18(17)22/h1-3,5-8,13,25H,4,9-12,14H2. The Labute approximate surface area is 163 Å². The minimum absolute atomic E-state index is 0.101. The Hall–Kier alpha value is -1.75. The molecule has 0 radical (unpaired) electrons. The average molecular weight is 394 g/mol. The van der Waals surface area contributed by atoms with E-state index in [1.807, 2.05) is 0 Å². The van der Waals surface area contributed by atoms with Gasteiger partial charge in [0.2, 0.25) is 0 Å². The molecule has 1 saturated heterocycles. The van der Waals surface area contributed by atoms with Crippen LogP contribution in [0.4, 0.5) is 0 Å². The molecule has 2 aromatic carbocycles. The van der Waals surface area contributed by atoms with E-state index in [-0.39, 0.29) is 12.5 Å². The zero-order chi connectivity index (χ0) is 18.6. The summed E-state index contributed by atoms with van der Waals surface area (Å²) in [7, 11) is 0. The number of nitrogens with zero attached hydrogens (tertiary/aromatic N) is 1. The number of amides is 1. The summed E-state index contributed by atoms with van der Waals surface area (Å²) in [5.74, 6) is 0.523. The van der Waals surface area contributed by atoms with Gasteiger partial charge in [-0.05, 0) is 49.6 Å². The molecular formula is C20H21Cl2NO3. The average Bonchev–Trinajstić information content (AvgIpc) is 2.82. The van der Waals surface area contributed by atoms with E-state index in [0.29, 0.717) is 53.7 Å². The van der Waals surface area contributed by atoms with Crippen molar-refractivity contribution < 1.29 is 14.6 Å². The van der Waals surface area contributed by atoms with E-state index >= 15 is 0 Å². The van der Waals surface area contributed by atoms with Gasteiger partial charge in [0.05, 0.1) is 10.6 Å². The van der Waals surface area contributed by atoms with E-state index in [2.05, 4.69) is 0 Å². The highest BCUT2D eigenvalue weighted by molar-refractivity contribution is 6.33. The molecular weight excluding hydrogens is 373 g/mol. The van der Waals surface area contributed by atoms with Crippen molar-refractivity contribution in [3.05, 3.63) is 64.1 Å². The lowest BCUT2D eigenvalue weighted by Gasteiger charge is -2.27. The number of carbonyl (C=O) groups is 1. The van der Waals surface area contributed by atoms with Crippen molar-refractivity contribution in [2.24, 2.45) is 0 Å². The molecule has 138 valence electrons. The first kappa shape index (κ1) is 19.0. The number of rotatable bonds is 4. The molecule has 1 aliphatic heterocycles. The number of likely N-dealkylation sites (tertiary alicyclic amines) is 1. The molecule has 1 unspecified atom stereocenters. The molecule has 3 rings (SSSR count). The van der Waals surface area contributed by atoms with Crippen molar-refractivity contribution in [2.45, 2.75) is 24.9 Å². The molecule has 1 fully saturated rings. The second-order valence-corrected chi connectivity index (χ2v) is 7.44. The highest BCUT2D eigenvalue weighted by atomic mass is 35.5. The number of aliphatic hydroxyl groups is 1. The molecule has 0 saturated carbocycles. The second-order valence-electron chi connectivity index (χ2n) is 6.60. The zero-order valence-electron chi connectivity index (χ0n) is 14.3. The van der Waals surface area contributed by atoms with Crippen LogP contribution in [-0.4, -0.2) is 41.2 Å². The van der Waals surface area contributed by atoms with Gasteiger partial charge in [-0.1, -0.05) is 41.4 Å². The van der Waals surface area contributed by atoms with Gasteiger partial charge in [0.1, 0.15) is 18.0 Å². The lowest BCUT2D eigenvalue weighted by Crippen LogP contribution is -2.38. The Morgan fingerprint density at radius 3 is 2.69 bits per heavy atom. The van der Waals surface area contributed by atoms with E-state index in [9.17, 15) is 9.90 Å². The summed E-state index contributed by atoms with van der Waals surface area (Å²) < 4.78 is 5.73. The van der Waals surface area contributed by atoms with Crippen molar-refractivity contribution in [3.8, 4) is 5.75 Å². The van der Waals surface area contributed by atoms with Crippen LogP contribution < -0.4 is 4.74 Å². The van der Waals surface area contributed by atoms with Gasteiger partial charge in [0.15, 0.2) is 0 Å². The summed E-state index contributed by atoms with van der Waals surface area (Å²) in [5, 5.41) is 11.9. The summed E-state index contributed by atoms with van der Waals surface area (Å²) in [5.41, 5.74) is -0.479. The molecule has 0 bridgehead atoms. The maximum absolute atomic E-state index is 12.7. The minimum Gasteiger partial charge on any atom is -0.491 e. The van der Waals surface area contributed by atoms with E-state index in [4.69, 9.17) is 27.9 Å². The summed E-state index contributed by atoms with van der Waals surface area (Å²) in [6.45, 7) is 1.21. The Bertz CT molecular complexity index is 783. The van der Waals surface area contributed by atoms with E-state index in [1.54, 1.807) is 53.4 Å². The number of hydrogen-bond donors (Lipinski definition) is 1. The summed E-state index contributed by atoms with van der Waals surface area (Å²) in [6, 6.07) is 14.1. The molecule has 6 heteroatoms. The topological polar surface area (TPSA) is 49.8 Å². The summed E-state index contributed by atoms with van der Waals surface area (Å²) in [4.78, 5) is 14.5.